The highest BCUT2D eigenvalue weighted by atomic mass is 19.1. The fourth-order valence-electron chi connectivity index (χ4n) is 3.86. The fraction of sp³-hybridized carbons (Fsp3) is 0.167. The topological polar surface area (TPSA) is 39.0 Å². The van der Waals surface area contributed by atoms with Gasteiger partial charge in [0.1, 0.15) is 17.2 Å². The van der Waals surface area contributed by atoms with E-state index >= 15 is 0 Å². The number of rotatable bonds is 0. The number of carbonyl (C=O) groups is 1. The highest BCUT2D eigenvalue weighted by Gasteiger charge is 2.73. The quantitative estimate of drug-likeness (QED) is 0.460. The number of aryl methyl sites for hydroxylation is 1. The maximum Gasteiger partial charge on any atom is 0.579 e. The molecule has 0 radical (unpaired) electrons. The number of halogens is 2. The molecule has 1 spiro atoms. The zero-order valence-electron chi connectivity index (χ0n) is 13.5. The Labute approximate surface area is 141 Å². The second-order valence-corrected chi connectivity index (χ2v) is 6.27. The second kappa shape index (κ2) is 4.30. The molecule has 4 heterocycles. The van der Waals surface area contributed by atoms with Crippen LogP contribution in [0.3, 0.4) is 0 Å². The molecular formula is C18H13F2N3O2+2. The molecular weight excluding hydrogens is 328 g/mol. The highest BCUT2D eigenvalue weighted by Crippen LogP contribution is 2.41. The van der Waals surface area contributed by atoms with Gasteiger partial charge in [-0.1, -0.05) is 4.57 Å². The van der Waals surface area contributed by atoms with E-state index in [1.54, 1.807) is 51.4 Å². The van der Waals surface area contributed by atoms with Gasteiger partial charge in [0.2, 0.25) is 5.69 Å². The average Bonchev–Trinajstić information content (AvgIpc) is 3.13. The molecule has 0 saturated carbocycles. The maximum absolute atomic E-state index is 14.6. The third-order valence-corrected chi connectivity index (χ3v) is 4.96. The Morgan fingerprint density at radius 2 is 1.96 bits per heavy atom. The molecule has 1 aromatic carbocycles. The van der Waals surface area contributed by atoms with Gasteiger partial charge in [0.05, 0.1) is 12.7 Å². The number of hydrogen-bond donors (Lipinski definition) is 0. The molecule has 2 aromatic heterocycles. The molecule has 0 saturated heterocycles. The number of esters is 1. The first-order valence-electron chi connectivity index (χ1n) is 7.78. The Morgan fingerprint density at radius 1 is 1.16 bits per heavy atom. The number of benzene rings is 1. The Hall–Kier alpha value is -3.09. The van der Waals surface area contributed by atoms with E-state index in [4.69, 9.17) is 4.74 Å². The summed E-state index contributed by atoms with van der Waals surface area (Å²) in [6.07, 6.45) is 1.70. The van der Waals surface area contributed by atoms with Gasteiger partial charge in [-0.15, -0.1) is 0 Å². The number of nitrogens with zero attached hydrogens (tertiary/aromatic N) is 3. The van der Waals surface area contributed by atoms with Gasteiger partial charge < -0.3 is 4.74 Å². The molecule has 2 aliphatic heterocycles. The Kier molecular flexibility index (Phi) is 2.45. The van der Waals surface area contributed by atoms with E-state index in [0.717, 1.165) is 11.8 Å². The third-order valence-electron chi connectivity index (χ3n) is 4.96. The SMILES string of the molecule is Cc1cc2[n+](n1C)C1(OC2=O)c2cc(F)cc(F)c2-c2cccc[n+]21. The molecule has 0 aliphatic carbocycles. The number of aromatic nitrogens is 3. The van der Waals surface area contributed by atoms with Crippen molar-refractivity contribution in [1.82, 2.24) is 4.68 Å². The molecule has 0 bridgehead atoms. The van der Waals surface area contributed by atoms with Crippen LogP contribution in [0.1, 0.15) is 21.7 Å². The first-order chi connectivity index (χ1) is 11.9. The predicted octanol–water partition coefficient (Wildman–Crippen LogP) is 1.54. The summed E-state index contributed by atoms with van der Waals surface area (Å²) in [5.41, 5.74) is 2.17. The van der Waals surface area contributed by atoms with Crippen molar-refractivity contribution < 1.29 is 27.6 Å². The Balaban J connectivity index is 1.99. The molecule has 5 nitrogen and oxygen atoms in total. The van der Waals surface area contributed by atoms with Gasteiger partial charge in [-0.25, -0.2) is 13.6 Å². The van der Waals surface area contributed by atoms with Crippen LogP contribution in [0.4, 0.5) is 8.78 Å². The van der Waals surface area contributed by atoms with Crippen LogP contribution in [0.15, 0.2) is 42.6 Å². The van der Waals surface area contributed by atoms with E-state index < -0.39 is 23.5 Å². The lowest BCUT2D eigenvalue weighted by molar-refractivity contribution is -1.03. The minimum absolute atomic E-state index is 0.231. The molecule has 7 heteroatoms. The lowest BCUT2D eigenvalue weighted by Crippen LogP contribution is -2.74. The van der Waals surface area contributed by atoms with Crippen molar-refractivity contribution >= 4 is 5.97 Å². The minimum atomic E-state index is -1.48. The predicted molar refractivity (Wildman–Crippen MR) is 80.2 cm³/mol. The van der Waals surface area contributed by atoms with Crippen molar-refractivity contribution in [1.29, 1.82) is 0 Å². The van der Waals surface area contributed by atoms with Crippen LogP contribution in [0.2, 0.25) is 0 Å². The van der Waals surface area contributed by atoms with E-state index in [1.165, 1.54) is 6.07 Å². The number of hydrogen-bond acceptors (Lipinski definition) is 2. The van der Waals surface area contributed by atoms with Crippen LogP contribution in [-0.2, 0) is 17.6 Å². The molecule has 1 atom stereocenters. The van der Waals surface area contributed by atoms with E-state index in [-0.39, 0.29) is 11.1 Å². The lowest BCUT2D eigenvalue weighted by atomic mass is 10.0. The number of pyridine rings is 1. The molecule has 3 aromatic rings. The van der Waals surface area contributed by atoms with Gasteiger partial charge in [-0.05, 0) is 19.1 Å². The Morgan fingerprint density at radius 3 is 2.76 bits per heavy atom. The van der Waals surface area contributed by atoms with Crippen molar-refractivity contribution in [2.24, 2.45) is 7.05 Å². The number of fused-ring (bicyclic) bond motifs is 7. The molecule has 0 fully saturated rings. The van der Waals surface area contributed by atoms with Crippen molar-refractivity contribution in [3.63, 3.8) is 0 Å². The highest BCUT2D eigenvalue weighted by molar-refractivity contribution is 5.87. The van der Waals surface area contributed by atoms with Crippen LogP contribution in [0, 0.1) is 18.6 Å². The number of ether oxygens (including phenoxy) is 1. The largest absolute Gasteiger partial charge is 0.579 e. The first kappa shape index (κ1) is 14.3. The first-order valence-corrected chi connectivity index (χ1v) is 7.78. The summed E-state index contributed by atoms with van der Waals surface area (Å²) in [5, 5.41) is 0. The van der Waals surface area contributed by atoms with Gasteiger partial charge >= 0.3 is 17.5 Å². The molecule has 124 valence electrons. The summed E-state index contributed by atoms with van der Waals surface area (Å²) < 4.78 is 39.5. The molecule has 0 N–H and O–H groups in total. The molecule has 1 unspecified atom stereocenters. The van der Waals surface area contributed by atoms with Crippen molar-refractivity contribution in [2.45, 2.75) is 12.8 Å². The fourth-order valence-corrected chi connectivity index (χ4v) is 3.86. The maximum atomic E-state index is 14.6. The summed E-state index contributed by atoms with van der Waals surface area (Å²) in [6.45, 7) is 1.85. The molecule has 5 rings (SSSR count). The zero-order valence-corrected chi connectivity index (χ0v) is 13.5. The van der Waals surface area contributed by atoms with Gasteiger partial charge in [0.25, 0.3) is 0 Å². The second-order valence-electron chi connectivity index (χ2n) is 6.27. The van der Waals surface area contributed by atoms with E-state index in [2.05, 4.69) is 0 Å². The minimum Gasteiger partial charge on any atom is -0.329 e. The van der Waals surface area contributed by atoms with Gasteiger partial charge in [0.15, 0.2) is 11.8 Å². The summed E-state index contributed by atoms with van der Waals surface area (Å²) in [5.74, 6) is -3.43. The summed E-state index contributed by atoms with van der Waals surface area (Å²) in [4.78, 5) is 12.5. The smallest absolute Gasteiger partial charge is 0.329 e. The monoisotopic (exact) mass is 341 g/mol. The summed E-state index contributed by atoms with van der Waals surface area (Å²) >= 11 is 0. The van der Waals surface area contributed by atoms with Crippen LogP contribution in [0.5, 0.6) is 0 Å². The standard InChI is InChI=1S/C18H13F2N3O2/c1-10-7-15-17(24)25-18(23(15)21(10)2)12-8-11(19)9-13(20)16(12)14-5-3-4-6-22(14)18/h3-9H,1-2H3/q+2. The van der Waals surface area contributed by atoms with Crippen molar-refractivity contribution in [2.75, 3.05) is 0 Å². The van der Waals surface area contributed by atoms with E-state index in [1.807, 2.05) is 6.92 Å². The zero-order chi connectivity index (χ0) is 17.5. The van der Waals surface area contributed by atoms with E-state index in [0.29, 0.717) is 11.4 Å². The van der Waals surface area contributed by atoms with Gasteiger partial charge in [-0.2, -0.15) is 4.68 Å². The third kappa shape index (κ3) is 1.49. The van der Waals surface area contributed by atoms with Gasteiger partial charge in [-0.3, -0.25) is 0 Å². The number of carbonyl (C=O) groups excluding carboxylic acids is 1. The molecule has 0 amide bonds. The molecule has 2 aliphatic rings. The lowest BCUT2D eigenvalue weighted by Gasteiger charge is -2.13. The molecule has 25 heavy (non-hydrogen) atoms. The average molecular weight is 341 g/mol. The van der Waals surface area contributed by atoms with Crippen LogP contribution < -0.4 is 9.25 Å². The van der Waals surface area contributed by atoms with Crippen molar-refractivity contribution in [3.05, 3.63) is 71.2 Å². The van der Waals surface area contributed by atoms with Gasteiger partial charge in [0, 0.05) is 28.9 Å². The Bertz CT molecular complexity index is 1110. The van der Waals surface area contributed by atoms with Crippen molar-refractivity contribution in [3.8, 4) is 11.3 Å². The summed E-state index contributed by atoms with van der Waals surface area (Å²) in [7, 11) is 1.78. The van der Waals surface area contributed by atoms with Crippen LogP contribution in [0.25, 0.3) is 11.3 Å². The summed E-state index contributed by atoms with van der Waals surface area (Å²) in [6, 6.07) is 9.01. The van der Waals surface area contributed by atoms with Crippen LogP contribution >= 0.6 is 0 Å². The normalized spacial score (nSPS) is 19.8. The van der Waals surface area contributed by atoms with E-state index in [9.17, 15) is 13.6 Å². The van der Waals surface area contributed by atoms with Crippen LogP contribution in [-0.4, -0.2) is 10.7 Å².